The van der Waals surface area contributed by atoms with Gasteiger partial charge in [-0.15, -0.1) is 10.2 Å². The lowest BCUT2D eigenvalue weighted by molar-refractivity contribution is 1.02. The number of benzene rings is 1. The van der Waals surface area contributed by atoms with Crippen molar-refractivity contribution in [2.24, 2.45) is 0 Å². The van der Waals surface area contributed by atoms with Crippen LogP contribution in [0.1, 0.15) is 5.82 Å². The van der Waals surface area contributed by atoms with E-state index in [0.29, 0.717) is 16.4 Å². The Labute approximate surface area is 96.6 Å². The van der Waals surface area contributed by atoms with E-state index in [9.17, 15) is 0 Å². The molecule has 3 rings (SSSR count). The minimum atomic E-state index is 0.607. The van der Waals surface area contributed by atoms with Crippen molar-refractivity contribution in [1.29, 1.82) is 0 Å². The van der Waals surface area contributed by atoms with Gasteiger partial charge >= 0.3 is 0 Å². The molecule has 1 aromatic carbocycles. The molecule has 2 heterocycles. The first kappa shape index (κ1) is 9.42. The van der Waals surface area contributed by atoms with E-state index in [1.807, 2.05) is 35.6 Å². The van der Waals surface area contributed by atoms with Gasteiger partial charge < -0.3 is 5.73 Å². The Bertz CT molecular complexity index is 702. The van der Waals surface area contributed by atoms with Gasteiger partial charge in [-0.05, 0) is 31.2 Å². The van der Waals surface area contributed by atoms with E-state index in [2.05, 4.69) is 10.2 Å². The highest BCUT2D eigenvalue weighted by atomic mass is 35.5. The van der Waals surface area contributed by atoms with Gasteiger partial charge in [0, 0.05) is 10.4 Å². The molecule has 4 nitrogen and oxygen atoms in total. The van der Waals surface area contributed by atoms with E-state index < -0.39 is 0 Å². The van der Waals surface area contributed by atoms with Crippen LogP contribution < -0.4 is 5.73 Å². The van der Waals surface area contributed by atoms with Crippen molar-refractivity contribution in [2.45, 2.75) is 6.92 Å². The molecule has 2 N–H and O–H groups in total. The first-order valence-corrected chi connectivity index (χ1v) is 5.24. The predicted molar refractivity (Wildman–Crippen MR) is 64.7 cm³/mol. The molecule has 80 valence electrons. The van der Waals surface area contributed by atoms with Crippen LogP contribution in [0, 0.1) is 6.92 Å². The molecule has 0 aliphatic carbocycles. The Balaban J connectivity index is 2.62. The van der Waals surface area contributed by atoms with Crippen LogP contribution in [-0.4, -0.2) is 14.6 Å². The van der Waals surface area contributed by atoms with Gasteiger partial charge in [0.2, 0.25) is 0 Å². The number of rotatable bonds is 0. The molecule has 0 aliphatic heterocycles. The summed E-state index contributed by atoms with van der Waals surface area (Å²) in [6, 6.07) is 7.54. The fourth-order valence-corrected chi connectivity index (χ4v) is 2.09. The van der Waals surface area contributed by atoms with Crippen molar-refractivity contribution in [3.8, 4) is 0 Å². The first-order chi connectivity index (χ1) is 7.66. The van der Waals surface area contributed by atoms with Crippen LogP contribution in [0.25, 0.3) is 16.6 Å². The normalized spacial score (nSPS) is 11.4. The van der Waals surface area contributed by atoms with Crippen LogP contribution in [0.3, 0.4) is 0 Å². The smallest absolute Gasteiger partial charge is 0.184 e. The fourth-order valence-electron chi connectivity index (χ4n) is 1.91. The van der Waals surface area contributed by atoms with Gasteiger partial charge in [0.1, 0.15) is 5.82 Å². The molecule has 0 amide bonds. The third kappa shape index (κ3) is 1.17. The zero-order chi connectivity index (χ0) is 11.3. The summed E-state index contributed by atoms with van der Waals surface area (Å²) in [5, 5.41) is 9.75. The quantitative estimate of drug-likeness (QED) is 0.648. The second-order valence-electron chi connectivity index (χ2n) is 3.71. The maximum Gasteiger partial charge on any atom is 0.184 e. The van der Waals surface area contributed by atoms with Crippen LogP contribution in [-0.2, 0) is 0 Å². The predicted octanol–water partition coefficient (Wildman–Crippen LogP) is 2.43. The number of hydrogen-bond acceptors (Lipinski definition) is 3. The highest BCUT2D eigenvalue weighted by Gasteiger charge is 2.09. The standard InChI is InChI=1S/C11H9ClN4/c1-6-14-15-11-9(13)5-7-4-8(12)2-3-10(7)16(6)11/h2-5H,13H2,1H3. The Kier molecular flexibility index (Phi) is 1.82. The molecule has 0 spiro atoms. The Morgan fingerprint density at radius 1 is 1.25 bits per heavy atom. The summed E-state index contributed by atoms with van der Waals surface area (Å²) >= 11 is 5.95. The van der Waals surface area contributed by atoms with Crippen molar-refractivity contribution >= 4 is 33.8 Å². The Morgan fingerprint density at radius 2 is 2.06 bits per heavy atom. The van der Waals surface area contributed by atoms with Gasteiger partial charge in [0.05, 0.1) is 11.2 Å². The summed E-state index contributed by atoms with van der Waals surface area (Å²) < 4.78 is 1.93. The molecule has 0 saturated carbocycles. The monoisotopic (exact) mass is 232 g/mol. The van der Waals surface area contributed by atoms with Crippen LogP contribution >= 0.6 is 11.6 Å². The molecule has 5 heteroatoms. The van der Waals surface area contributed by atoms with Crippen LogP contribution in [0.15, 0.2) is 24.3 Å². The third-order valence-electron chi connectivity index (χ3n) is 2.62. The van der Waals surface area contributed by atoms with Crippen molar-refractivity contribution in [1.82, 2.24) is 14.6 Å². The average Bonchev–Trinajstić information content (AvgIpc) is 2.61. The summed E-state index contributed by atoms with van der Waals surface area (Å²) in [7, 11) is 0. The summed E-state index contributed by atoms with van der Waals surface area (Å²) in [4.78, 5) is 0. The number of nitrogens with zero attached hydrogens (tertiary/aromatic N) is 3. The molecule has 0 radical (unpaired) electrons. The molecule has 0 atom stereocenters. The molecule has 2 aromatic heterocycles. The number of aryl methyl sites for hydroxylation is 1. The number of nitrogens with two attached hydrogens (primary N) is 1. The fraction of sp³-hybridized carbons (Fsp3) is 0.0909. The molecular formula is C11H9ClN4. The zero-order valence-electron chi connectivity index (χ0n) is 8.61. The second-order valence-corrected chi connectivity index (χ2v) is 4.15. The van der Waals surface area contributed by atoms with Gasteiger partial charge in [-0.2, -0.15) is 0 Å². The number of nitrogen functional groups attached to an aromatic ring is 1. The summed E-state index contributed by atoms with van der Waals surface area (Å²) in [5.74, 6) is 0.814. The molecule has 0 unspecified atom stereocenters. The molecule has 0 aliphatic rings. The average molecular weight is 233 g/mol. The Morgan fingerprint density at radius 3 is 2.88 bits per heavy atom. The number of halogens is 1. The molecule has 16 heavy (non-hydrogen) atoms. The lowest BCUT2D eigenvalue weighted by atomic mass is 10.2. The van der Waals surface area contributed by atoms with Crippen molar-refractivity contribution < 1.29 is 0 Å². The van der Waals surface area contributed by atoms with E-state index in [4.69, 9.17) is 17.3 Å². The van der Waals surface area contributed by atoms with Gasteiger partial charge in [-0.25, -0.2) is 0 Å². The van der Waals surface area contributed by atoms with Crippen molar-refractivity contribution in [3.63, 3.8) is 0 Å². The van der Waals surface area contributed by atoms with E-state index in [-0.39, 0.29) is 0 Å². The topological polar surface area (TPSA) is 56.2 Å². The minimum absolute atomic E-state index is 0.607. The summed E-state index contributed by atoms with van der Waals surface area (Å²) in [6.07, 6.45) is 0. The van der Waals surface area contributed by atoms with Crippen LogP contribution in [0.2, 0.25) is 5.02 Å². The van der Waals surface area contributed by atoms with E-state index in [1.165, 1.54) is 0 Å². The number of anilines is 1. The van der Waals surface area contributed by atoms with E-state index >= 15 is 0 Å². The molecule has 0 fully saturated rings. The maximum absolute atomic E-state index is 5.95. The largest absolute Gasteiger partial charge is 0.396 e. The van der Waals surface area contributed by atoms with Gasteiger partial charge in [0.25, 0.3) is 0 Å². The summed E-state index contributed by atoms with van der Waals surface area (Å²) in [5.41, 5.74) is 8.22. The number of fused-ring (bicyclic) bond motifs is 3. The maximum atomic E-state index is 5.95. The van der Waals surface area contributed by atoms with Gasteiger partial charge in [-0.1, -0.05) is 11.6 Å². The third-order valence-corrected chi connectivity index (χ3v) is 2.86. The zero-order valence-corrected chi connectivity index (χ0v) is 9.36. The van der Waals surface area contributed by atoms with E-state index in [1.54, 1.807) is 0 Å². The first-order valence-electron chi connectivity index (χ1n) is 4.86. The highest BCUT2D eigenvalue weighted by molar-refractivity contribution is 6.31. The van der Waals surface area contributed by atoms with Gasteiger partial charge in [-0.3, -0.25) is 4.40 Å². The molecular weight excluding hydrogens is 224 g/mol. The van der Waals surface area contributed by atoms with Crippen LogP contribution in [0.4, 0.5) is 5.69 Å². The molecule has 0 bridgehead atoms. The molecule has 0 saturated heterocycles. The van der Waals surface area contributed by atoms with E-state index in [0.717, 1.165) is 16.7 Å². The lowest BCUT2D eigenvalue weighted by Crippen LogP contribution is -1.96. The number of hydrogen-bond donors (Lipinski definition) is 1. The lowest BCUT2D eigenvalue weighted by Gasteiger charge is -2.05. The summed E-state index contributed by atoms with van der Waals surface area (Å²) in [6.45, 7) is 1.90. The number of aromatic nitrogens is 3. The SMILES string of the molecule is Cc1nnc2c(N)cc3cc(Cl)ccc3n12. The van der Waals surface area contributed by atoms with Crippen molar-refractivity contribution in [2.75, 3.05) is 5.73 Å². The van der Waals surface area contributed by atoms with Gasteiger partial charge in [0.15, 0.2) is 5.65 Å². The highest BCUT2D eigenvalue weighted by Crippen LogP contribution is 2.25. The Hall–Kier alpha value is -1.81. The molecule has 3 aromatic rings. The minimum Gasteiger partial charge on any atom is -0.396 e. The van der Waals surface area contributed by atoms with Crippen molar-refractivity contribution in [3.05, 3.63) is 35.1 Å². The second kappa shape index (κ2) is 3.09. The van der Waals surface area contributed by atoms with Crippen LogP contribution in [0.5, 0.6) is 0 Å². The number of pyridine rings is 1.